The molecule has 0 radical (unpaired) electrons. The average Bonchev–Trinajstić information content (AvgIpc) is 2.93. The van der Waals surface area contributed by atoms with E-state index in [1.165, 1.54) is 0 Å². The topological polar surface area (TPSA) is 106 Å². The lowest BCUT2D eigenvalue weighted by Gasteiger charge is -2.49. The number of carbonyl (C=O) groups is 3. The van der Waals surface area contributed by atoms with Crippen molar-refractivity contribution < 1.29 is 29.0 Å². The number of nitrogens with zero attached hydrogens (tertiary/aromatic N) is 2. The number of hydrogen-bond donors (Lipinski definition) is 1. The number of aromatic carboxylic acids is 1. The molecule has 42 heavy (non-hydrogen) atoms. The summed E-state index contributed by atoms with van der Waals surface area (Å²) in [6.07, 6.45) is 3.03. The van der Waals surface area contributed by atoms with Crippen LogP contribution < -0.4 is 4.74 Å². The first-order valence-electron chi connectivity index (χ1n) is 14.6. The summed E-state index contributed by atoms with van der Waals surface area (Å²) in [5.41, 5.74) is 3.54. The van der Waals surface area contributed by atoms with Crippen molar-refractivity contribution in [1.82, 2.24) is 9.88 Å². The monoisotopic (exact) mass is 572 g/mol. The van der Waals surface area contributed by atoms with E-state index < -0.39 is 11.9 Å². The highest BCUT2D eigenvalue weighted by molar-refractivity contribution is 6.06. The number of amides is 1. The van der Waals surface area contributed by atoms with E-state index in [1.54, 1.807) is 26.2 Å². The van der Waals surface area contributed by atoms with Gasteiger partial charge in [-0.25, -0.2) is 9.78 Å². The fraction of sp³-hybridized carbons (Fsp3) is 0.471. The Balaban J connectivity index is 1.81. The third-order valence-electron chi connectivity index (χ3n) is 9.61. The molecule has 1 atom stereocenters. The second-order valence-electron chi connectivity index (χ2n) is 12.6. The minimum Gasteiger partial charge on any atom is -0.496 e. The number of ether oxygens (including phenoxy) is 2. The highest BCUT2D eigenvalue weighted by Crippen LogP contribution is 2.55. The number of likely N-dealkylation sites (N-methyl/N-ethyl adjacent to an activating group) is 1. The van der Waals surface area contributed by atoms with Crippen LogP contribution in [0, 0.1) is 19.3 Å². The molecule has 0 saturated carbocycles. The highest BCUT2D eigenvalue weighted by Gasteiger charge is 2.52. The first-order chi connectivity index (χ1) is 19.8. The van der Waals surface area contributed by atoms with Crippen molar-refractivity contribution in [1.29, 1.82) is 0 Å². The molecule has 3 aliphatic rings. The lowest BCUT2D eigenvalue weighted by atomic mass is 9.67. The summed E-state index contributed by atoms with van der Waals surface area (Å²) in [7, 11) is 3.42. The van der Waals surface area contributed by atoms with Gasteiger partial charge in [-0.2, -0.15) is 0 Å². The van der Waals surface area contributed by atoms with E-state index in [0.29, 0.717) is 70.1 Å². The molecule has 8 heteroatoms. The van der Waals surface area contributed by atoms with Gasteiger partial charge in [0.2, 0.25) is 0 Å². The first kappa shape index (κ1) is 29.5. The summed E-state index contributed by atoms with van der Waals surface area (Å²) < 4.78 is 12.5. The van der Waals surface area contributed by atoms with Crippen LogP contribution in [0.1, 0.15) is 92.9 Å². The van der Waals surface area contributed by atoms with Gasteiger partial charge in [-0.15, -0.1) is 0 Å². The van der Waals surface area contributed by atoms with E-state index in [4.69, 9.17) is 9.47 Å². The Kier molecular flexibility index (Phi) is 7.32. The quantitative estimate of drug-likeness (QED) is 0.421. The van der Waals surface area contributed by atoms with Crippen LogP contribution in [0.5, 0.6) is 5.75 Å². The van der Waals surface area contributed by atoms with Gasteiger partial charge in [0, 0.05) is 48.5 Å². The molecule has 3 heterocycles. The van der Waals surface area contributed by atoms with Gasteiger partial charge >= 0.3 is 5.97 Å². The van der Waals surface area contributed by atoms with Gasteiger partial charge in [-0.3, -0.25) is 9.59 Å². The smallest absolute Gasteiger partial charge is 0.354 e. The normalized spacial score (nSPS) is 21.1. The van der Waals surface area contributed by atoms with E-state index in [-0.39, 0.29) is 28.3 Å². The van der Waals surface area contributed by atoms with Gasteiger partial charge in [0.05, 0.1) is 24.3 Å². The van der Waals surface area contributed by atoms with E-state index in [2.05, 4.69) is 32.7 Å². The van der Waals surface area contributed by atoms with Crippen LogP contribution in [0.25, 0.3) is 11.3 Å². The summed E-state index contributed by atoms with van der Waals surface area (Å²) in [5, 5.41) is 9.73. The molecule has 0 fully saturated rings. The van der Waals surface area contributed by atoms with E-state index in [1.807, 2.05) is 31.0 Å². The maximum atomic E-state index is 14.3. The molecule has 0 spiro atoms. The number of carboxylic acid groups (broad SMARTS) is 1. The number of carbonyl (C=O) groups excluding carboxylic acids is 2. The number of benzene rings is 1. The molecular formula is C34H40N2O6. The minimum atomic E-state index is -1.10. The molecule has 0 unspecified atom stereocenters. The molecule has 0 bridgehead atoms. The zero-order valence-electron chi connectivity index (χ0n) is 25.8. The molecular weight excluding hydrogens is 532 g/mol. The number of pyridine rings is 1. The number of ketones is 1. The molecule has 2 aliphatic heterocycles. The molecule has 1 N–H and O–H groups in total. The SMILES string of the molecule is CCC1(CC)CC2=C(C(=O)N1C)[C@@H](c1c(OC)ccc(-c3ccc(C)c(C(=O)O)n3)c1C)C1=C(CC(C)(C)CC1=O)O2. The van der Waals surface area contributed by atoms with Crippen LogP contribution in [-0.4, -0.2) is 52.3 Å². The van der Waals surface area contributed by atoms with Gasteiger partial charge in [0.25, 0.3) is 5.91 Å². The van der Waals surface area contributed by atoms with E-state index in [9.17, 15) is 19.5 Å². The molecule has 1 aliphatic carbocycles. The van der Waals surface area contributed by atoms with Crippen molar-refractivity contribution in [2.24, 2.45) is 5.41 Å². The van der Waals surface area contributed by atoms with Crippen LogP contribution in [-0.2, 0) is 14.3 Å². The van der Waals surface area contributed by atoms with E-state index in [0.717, 1.165) is 18.4 Å². The van der Waals surface area contributed by atoms with E-state index >= 15 is 0 Å². The largest absolute Gasteiger partial charge is 0.496 e. The van der Waals surface area contributed by atoms with Crippen molar-refractivity contribution in [2.45, 2.75) is 85.1 Å². The Hall–Kier alpha value is -3.94. The van der Waals surface area contributed by atoms with Gasteiger partial charge in [0.15, 0.2) is 11.5 Å². The van der Waals surface area contributed by atoms with Crippen molar-refractivity contribution in [3.63, 3.8) is 0 Å². The van der Waals surface area contributed by atoms with Crippen molar-refractivity contribution >= 4 is 17.7 Å². The number of rotatable bonds is 6. The van der Waals surface area contributed by atoms with Crippen LogP contribution >= 0.6 is 0 Å². The fourth-order valence-corrected chi connectivity index (χ4v) is 7.06. The molecule has 222 valence electrons. The molecule has 1 aromatic heterocycles. The van der Waals surface area contributed by atoms with Crippen LogP contribution in [0.2, 0.25) is 0 Å². The third-order valence-corrected chi connectivity index (χ3v) is 9.61. The lowest BCUT2D eigenvalue weighted by molar-refractivity contribution is -0.135. The number of aromatic nitrogens is 1. The second-order valence-corrected chi connectivity index (χ2v) is 12.6. The van der Waals surface area contributed by atoms with Crippen molar-refractivity contribution in [3.8, 4) is 17.0 Å². The van der Waals surface area contributed by atoms with Crippen LogP contribution in [0.4, 0.5) is 0 Å². The number of methoxy groups -OCH3 is 1. The maximum Gasteiger partial charge on any atom is 0.354 e. The molecule has 0 saturated heterocycles. The molecule has 1 aromatic carbocycles. The second kappa shape index (κ2) is 10.4. The van der Waals surface area contributed by atoms with Crippen molar-refractivity contribution in [3.05, 3.63) is 69.3 Å². The third kappa shape index (κ3) is 4.52. The highest BCUT2D eigenvalue weighted by atomic mass is 16.5. The van der Waals surface area contributed by atoms with Gasteiger partial charge < -0.3 is 19.5 Å². The molecule has 8 nitrogen and oxygen atoms in total. The average molecular weight is 573 g/mol. The first-order valence-corrected chi connectivity index (χ1v) is 14.6. The fourth-order valence-electron chi connectivity index (χ4n) is 7.06. The molecule has 5 rings (SSSR count). The number of aryl methyl sites for hydroxylation is 1. The van der Waals surface area contributed by atoms with Gasteiger partial charge in [0.1, 0.15) is 17.3 Å². The Morgan fingerprint density at radius 3 is 2.33 bits per heavy atom. The number of Topliss-reactive ketones (excluding diaryl/α,β-unsaturated/α-hetero) is 1. The summed E-state index contributed by atoms with van der Waals surface area (Å²) in [6.45, 7) is 11.9. The van der Waals surface area contributed by atoms with Crippen LogP contribution in [0.15, 0.2) is 46.9 Å². The Bertz CT molecular complexity index is 1580. The van der Waals surface area contributed by atoms with Gasteiger partial charge in [-0.1, -0.05) is 33.8 Å². The number of carboxylic acids is 1. The van der Waals surface area contributed by atoms with Crippen molar-refractivity contribution in [2.75, 3.05) is 14.2 Å². The maximum absolute atomic E-state index is 14.3. The number of allylic oxidation sites excluding steroid dienone is 2. The zero-order valence-corrected chi connectivity index (χ0v) is 25.8. The summed E-state index contributed by atoms with van der Waals surface area (Å²) in [4.78, 5) is 46.5. The molecule has 2 aromatic rings. The predicted molar refractivity (Wildman–Crippen MR) is 159 cm³/mol. The van der Waals surface area contributed by atoms with Crippen LogP contribution in [0.3, 0.4) is 0 Å². The Morgan fingerprint density at radius 1 is 1.05 bits per heavy atom. The zero-order chi connectivity index (χ0) is 30.7. The molecule has 1 amide bonds. The summed E-state index contributed by atoms with van der Waals surface area (Å²) >= 11 is 0. The minimum absolute atomic E-state index is 0.0189. The lowest BCUT2D eigenvalue weighted by Crippen LogP contribution is -2.54. The van der Waals surface area contributed by atoms with Gasteiger partial charge in [-0.05, 0) is 61.4 Å². The standard InChI is InChI=1S/C34H40N2O6/c1-9-34(10-2)17-25-28(31(38)36(34)7)29(27-22(37)15-33(5,6)16-24(27)42-25)26-19(4)20(12-14-23(26)41-8)21-13-11-18(3)30(35-21)32(39)40/h11-14,29H,9-10,15-17H2,1-8H3,(H,39,40)/t29-/m0/s1. The predicted octanol–water partition coefficient (Wildman–Crippen LogP) is 6.50. The summed E-state index contributed by atoms with van der Waals surface area (Å²) in [5.74, 6) is -0.170. The summed E-state index contributed by atoms with van der Waals surface area (Å²) in [6, 6.07) is 7.20. The Labute approximate surface area is 247 Å². The number of hydrogen-bond acceptors (Lipinski definition) is 6. The Morgan fingerprint density at radius 2 is 1.71 bits per heavy atom.